The van der Waals surface area contributed by atoms with E-state index in [1.807, 2.05) is 37.3 Å². The summed E-state index contributed by atoms with van der Waals surface area (Å²) in [7, 11) is 0. The number of carbonyl (C=O) groups excluding carboxylic acids is 1. The molecule has 0 aliphatic carbocycles. The molecule has 0 saturated carbocycles. The Morgan fingerprint density at radius 1 is 0.939 bits per heavy atom. The van der Waals surface area contributed by atoms with Crippen molar-refractivity contribution in [3.63, 3.8) is 0 Å². The Morgan fingerprint density at radius 2 is 1.67 bits per heavy atom. The lowest BCUT2D eigenvalue weighted by atomic mass is 9.99. The number of hydrogen-bond acceptors (Lipinski definition) is 4. The Hall–Kier alpha value is -3.48. The Labute approximate surface area is 193 Å². The fourth-order valence-corrected chi connectivity index (χ4v) is 3.87. The van der Waals surface area contributed by atoms with Crippen LogP contribution >= 0.6 is 0 Å². The van der Waals surface area contributed by atoms with Gasteiger partial charge in [-0.1, -0.05) is 75.6 Å². The highest BCUT2D eigenvalue weighted by Crippen LogP contribution is 2.24. The lowest BCUT2D eigenvalue weighted by molar-refractivity contribution is 0.0697. The van der Waals surface area contributed by atoms with E-state index in [0.29, 0.717) is 30.8 Å². The number of carboxylic acids is 1. The van der Waals surface area contributed by atoms with Gasteiger partial charge in [-0.15, -0.1) is 9.78 Å². The van der Waals surface area contributed by atoms with Gasteiger partial charge in [0.05, 0.1) is 12.1 Å². The third-order valence-corrected chi connectivity index (χ3v) is 5.66. The van der Waals surface area contributed by atoms with Gasteiger partial charge in [-0.2, -0.15) is 0 Å². The Balaban J connectivity index is 1.88. The van der Waals surface area contributed by atoms with Gasteiger partial charge >= 0.3 is 11.7 Å². The lowest BCUT2D eigenvalue weighted by Gasteiger charge is -2.09. The SMILES string of the molecule is CCCCCCc1nn(C(=O)CCC)c(=O)n1Cc1ccc(-c2ccccc2C(=O)O)cc1. The van der Waals surface area contributed by atoms with E-state index in [0.717, 1.165) is 41.5 Å². The molecular formula is C26H31N3O4. The van der Waals surface area contributed by atoms with E-state index < -0.39 is 11.7 Å². The monoisotopic (exact) mass is 449 g/mol. The molecule has 0 fully saturated rings. The first-order valence-corrected chi connectivity index (χ1v) is 11.6. The molecule has 2 aromatic carbocycles. The molecule has 1 heterocycles. The first-order chi connectivity index (χ1) is 16.0. The van der Waals surface area contributed by atoms with Crippen molar-refractivity contribution in [3.8, 4) is 11.1 Å². The number of aromatic carboxylic acids is 1. The zero-order valence-electron chi connectivity index (χ0n) is 19.3. The molecule has 0 bridgehead atoms. The molecule has 3 aromatic rings. The number of carboxylic acid groups (broad SMARTS) is 1. The van der Waals surface area contributed by atoms with E-state index in [1.54, 1.807) is 22.8 Å². The van der Waals surface area contributed by atoms with Crippen LogP contribution in [0.25, 0.3) is 11.1 Å². The van der Waals surface area contributed by atoms with Crippen LogP contribution in [0.5, 0.6) is 0 Å². The molecule has 1 N–H and O–H groups in total. The van der Waals surface area contributed by atoms with Gasteiger partial charge in [0.25, 0.3) is 5.91 Å². The molecule has 0 aliphatic rings. The van der Waals surface area contributed by atoms with Crippen LogP contribution in [0, 0.1) is 0 Å². The number of nitrogens with zero attached hydrogens (tertiary/aromatic N) is 3. The van der Waals surface area contributed by atoms with Crippen molar-refractivity contribution in [1.29, 1.82) is 0 Å². The number of carbonyl (C=O) groups is 2. The molecule has 0 atom stereocenters. The summed E-state index contributed by atoms with van der Waals surface area (Å²) >= 11 is 0. The zero-order chi connectivity index (χ0) is 23.8. The van der Waals surface area contributed by atoms with E-state index in [-0.39, 0.29) is 17.9 Å². The molecule has 1 aromatic heterocycles. The van der Waals surface area contributed by atoms with Gasteiger partial charge < -0.3 is 5.11 Å². The summed E-state index contributed by atoms with van der Waals surface area (Å²) in [4.78, 5) is 36.9. The van der Waals surface area contributed by atoms with Crippen molar-refractivity contribution in [2.45, 2.75) is 65.3 Å². The first kappa shape index (κ1) is 24.2. The maximum Gasteiger partial charge on any atom is 0.353 e. The van der Waals surface area contributed by atoms with Crippen molar-refractivity contribution < 1.29 is 14.7 Å². The minimum Gasteiger partial charge on any atom is -0.478 e. The molecule has 33 heavy (non-hydrogen) atoms. The molecule has 0 radical (unpaired) electrons. The summed E-state index contributed by atoms with van der Waals surface area (Å²) in [5.41, 5.74) is 2.15. The Bertz CT molecular complexity index is 1160. The molecule has 7 nitrogen and oxygen atoms in total. The second kappa shape index (κ2) is 11.4. The Kier molecular flexibility index (Phi) is 8.35. The second-order valence-electron chi connectivity index (χ2n) is 8.20. The number of hydrogen-bond donors (Lipinski definition) is 1. The topological polar surface area (TPSA) is 94.2 Å². The number of aromatic nitrogens is 3. The number of aryl methyl sites for hydroxylation is 1. The molecule has 174 valence electrons. The van der Waals surface area contributed by atoms with Crippen LogP contribution in [-0.2, 0) is 13.0 Å². The van der Waals surface area contributed by atoms with Crippen molar-refractivity contribution >= 4 is 11.9 Å². The van der Waals surface area contributed by atoms with E-state index in [9.17, 15) is 19.5 Å². The Morgan fingerprint density at radius 3 is 2.33 bits per heavy atom. The van der Waals surface area contributed by atoms with Crippen LogP contribution < -0.4 is 5.69 Å². The summed E-state index contributed by atoms with van der Waals surface area (Å²) in [5, 5.41) is 13.8. The maximum absolute atomic E-state index is 13.0. The standard InChI is InChI=1S/C26H31N3O4/c1-3-5-6-7-13-23-27-29(24(30)10-4-2)26(33)28(23)18-19-14-16-20(17-15-19)21-11-8-9-12-22(21)25(31)32/h8-9,11-12,14-17H,3-7,10,13,18H2,1-2H3,(H,31,32). The highest BCUT2D eigenvalue weighted by molar-refractivity contribution is 5.96. The summed E-state index contributed by atoms with van der Waals surface area (Å²) < 4.78 is 2.59. The minimum absolute atomic E-state index is 0.242. The molecular weight excluding hydrogens is 418 g/mol. The second-order valence-corrected chi connectivity index (χ2v) is 8.20. The van der Waals surface area contributed by atoms with Gasteiger partial charge in [-0.25, -0.2) is 9.59 Å². The average molecular weight is 450 g/mol. The predicted molar refractivity (Wildman–Crippen MR) is 128 cm³/mol. The predicted octanol–water partition coefficient (Wildman–Crippen LogP) is 5.02. The smallest absolute Gasteiger partial charge is 0.353 e. The molecule has 0 aliphatic heterocycles. The van der Waals surface area contributed by atoms with Crippen LogP contribution in [0.4, 0.5) is 0 Å². The maximum atomic E-state index is 13.0. The van der Waals surface area contributed by atoms with E-state index >= 15 is 0 Å². The van der Waals surface area contributed by atoms with Crippen LogP contribution in [0.2, 0.25) is 0 Å². The van der Waals surface area contributed by atoms with E-state index in [2.05, 4.69) is 12.0 Å². The summed E-state index contributed by atoms with van der Waals surface area (Å²) in [6.45, 7) is 4.35. The third kappa shape index (κ3) is 5.86. The quantitative estimate of drug-likeness (QED) is 0.415. The average Bonchev–Trinajstić information content (AvgIpc) is 3.12. The minimum atomic E-state index is -0.974. The molecule has 0 saturated heterocycles. The van der Waals surface area contributed by atoms with Gasteiger partial charge in [0, 0.05) is 12.8 Å². The van der Waals surface area contributed by atoms with Gasteiger partial charge in [0.15, 0.2) is 0 Å². The van der Waals surface area contributed by atoms with E-state index in [4.69, 9.17) is 0 Å². The number of benzene rings is 2. The van der Waals surface area contributed by atoms with Crippen molar-refractivity contribution in [2.75, 3.05) is 0 Å². The normalized spacial score (nSPS) is 11.0. The number of unbranched alkanes of at least 4 members (excludes halogenated alkanes) is 3. The summed E-state index contributed by atoms with van der Waals surface area (Å²) in [6.07, 6.45) is 5.79. The summed E-state index contributed by atoms with van der Waals surface area (Å²) in [5.74, 6) is -0.629. The highest BCUT2D eigenvalue weighted by atomic mass is 16.4. The van der Waals surface area contributed by atoms with Crippen molar-refractivity contribution in [2.24, 2.45) is 0 Å². The lowest BCUT2D eigenvalue weighted by Crippen LogP contribution is -2.30. The van der Waals surface area contributed by atoms with Gasteiger partial charge in [0.1, 0.15) is 5.82 Å². The van der Waals surface area contributed by atoms with Gasteiger partial charge in [-0.3, -0.25) is 9.36 Å². The number of rotatable bonds is 11. The molecule has 0 spiro atoms. The first-order valence-electron chi connectivity index (χ1n) is 11.6. The van der Waals surface area contributed by atoms with Gasteiger partial charge in [0.2, 0.25) is 0 Å². The van der Waals surface area contributed by atoms with Gasteiger partial charge in [-0.05, 0) is 35.6 Å². The largest absolute Gasteiger partial charge is 0.478 e. The van der Waals surface area contributed by atoms with Crippen molar-refractivity contribution in [1.82, 2.24) is 14.3 Å². The highest BCUT2D eigenvalue weighted by Gasteiger charge is 2.18. The van der Waals surface area contributed by atoms with E-state index in [1.165, 1.54) is 0 Å². The summed E-state index contributed by atoms with van der Waals surface area (Å²) in [6, 6.07) is 14.3. The zero-order valence-corrected chi connectivity index (χ0v) is 19.3. The van der Waals surface area contributed by atoms with Crippen LogP contribution in [0.1, 0.15) is 78.9 Å². The van der Waals surface area contributed by atoms with Crippen LogP contribution in [0.3, 0.4) is 0 Å². The molecule has 7 heteroatoms. The fraction of sp³-hybridized carbons (Fsp3) is 0.385. The molecule has 0 amide bonds. The van der Waals surface area contributed by atoms with Crippen LogP contribution in [0.15, 0.2) is 53.3 Å². The third-order valence-electron chi connectivity index (χ3n) is 5.66. The molecule has 0 unspecified atom stereocenters. The molecule has 3 rings (SSSR count). The van der Waals surface area contributed by atoms with Crippen LogP contribution in [-0.4, -0.2) is 31.3 Å². The fourth-order valence-electron chi connectivity index (χ4n) is 3.87. The van der Waals surface area contributed by atoms with Crippen molar-refractivity contribution in [3.05, 3.63) is 76.0 Å².